The van der Waals surface area contributed by atoms with Crippen LogP contribution in [-0.2, 0) is 12.1 Å². The lowest BCUT2D eigenvalue weighted by atomic mass is 9.97. The zero-order valence-corrected chi connectivity index (χ0v) is 11.9. The van der Waals surface area contributed by atoms with Gasteiger partial charge in [-0.1, -0.05) is 25.7 Å². The SMILES string of the molecule is CC(C)(C)n1c(CN)nnc1C1CCCCCC1. The molecule has 1 fully saturated rings. The third-order valence-electron chi connectivity index (χ3n) is 3.83. The van der Waals surface area contributed by atoms with Crippen molar-refractivity contribution in [3.63, 3.8) is 0 Å². The van der Waals surface area contributed by atoms with Crippen LogP contribution in [0.15, 0.2) is 0 Å². The molecule has 0 aromatic carbocycles. The Balaban J connectivity index is 2.34. The highest BCUT2D eigenvalue weighted by Crippen LogP contribution is 2.33. The van der Waals surface area contributed by atoms with Crippen molar-refractivity contribution in [2.24, 2.45) is 5.73 Å². The normalized spacial score (nSPS) is 18.9. The van der Waals surface area contributed by atoms with Crippen molar-refractivity contribution >= 4 is 0 Å². The Morgan fingerprint density at radius 2 is 1.72 bits per heavy atom. The molecule has 0 atom stereocenters. The van der Waals surface area contributed by atoms with Gasteiger partial charge in [0.15, 0.2) is 0 Å². The molecule has 0 aliphatic heterocycles. The number of nitrogens with two attached hydrogens (primary N) is 1. The molecule has 2 N–H and O–H groups in total. The van der Waals surface area contributed by atoms with Crippen molar-refractivity contribution in [2.75, 3.05) is 0 Å². The first-order valence-electron chi connectivity index (χ1n) is 7.19. The first-order valence-corrected chi connectivity index (χ1v) is 7.19. The zero-order valence-electron chi connectivity index (χ0n) is 11.9. The van der Waals surface area contributed by atoms with E-state index in [1.165, 1.54) is 38.5 Å². The monoisotopic (exact) mass is 250 g/mol. The molecule has 1 aromatic rings. The molecule has 1 aliphatic carbocycles. The van der Waals surface area contributed by atoms with Gasteiger partial charge in [-0.25, -0.2) is 0 Å². The number of rotatable bonds is 2. The quantitative estimate of drug-likeness (QED) is 0.821. The molecule has 0 unspecified atom stereocenters. The van der Waals surface area contributed by atoms with Gasteiger partial charge < -0.3 is 10.3 Å². The average Bonchev–Trinajstić information content (AvgIpc) is 2.57. The van der Waals surface area contributed by atoms with Gasteiger partial charge in [-0.05, 0) is 33.6 Å². The van der Waals surface area contributed by atoms with Gasteiger partial charge in [-0.15, -0.1) is 10.2 Å². The summed E-state index contributed by atoms with van der Waals surface area (Å²) in [5.41, 5.74) is 5.81. The lowest BCUT2D eigenvalue weighted by Crippen LogP contribution is -2.28. The highest BCUT2D eigenvalue weighted by atomic mass is 15.3. The van der Waals surface area contributed by atoms with Gasteiger partial charge in [0.1, 0.15) is 11.6 Å². The summed E-state index contributed by atoms with van der Waals surface area (Å²) in [5.74, 6) is 2.64. The second-order valence-corrected chi connectivity index (χ2v) is 6.37. The second-order valence-electron chi connectivity index (χ2n) is 6.37. The minimum absolute atomic E-state index is 0.0137. The van der Waals surface area contributed by atoms with Crippen molar-refractivity contribution in [1.29, 1.82) is 0 Å². The third-order valence-corrected chi connectivity index (χ3v) is 3.83. The highest BCUT2D eigenvalue weighted by Gasteiger charge is 2.27. The van der Waals surface area contributed by atoms with Crippen LogP contribution in [0.2, 0.25) is 0 Å². The third kappa shape index (κ3) is 2.74. The first kappa shape index (κ1) is 13.5. The van der Waals surface area contributed by atoms with Gasteiger partial charge >= 0.3 is 0 Å². The molecule has 1 saturated carbocycles. The van der Waals surface area contributed by atoms with E-state index in [2.05, 4.69) is 35.5 Å². The summed E-state index contributed by atoms with van der Waals surface area (Å²) in [6.07, 6.45) is 7.87. The lowest BCUT2D eigenvalue weighted by Gasteiger charge is -2.27. The molecule has 1 aromatic heterocycles. The predicted molar refractivity (Wildman–Crippen MR) is 73.4 cm³/mol. The Labute approximate surface area is 110 Å². The second kappa shape index (κ2) is 5.39. The van der Waals surface area contributed by atoms with Crippen molar-refractivity contribution in [1.82, 2.24) is 14.8 Å². The molecule has 0 saturated heterocycles. The van der Waals surface area contributed by atoms with Crippen molar-refractivity contribution in [3.05, 3.63) is 11.6 Å². The number of hydrogen-bond donors (Lipinski definition) is 1. The Morgan fingerprint density at radius 3 is 2.22 bits per heavy atom. The van der Waals surface area contributed by atoms with Crippen LogP contribution in [0.3, 0.4) is 0 Å². The fourth-order valence-electron chi connectivity index (χ4n) is 3.00. The summed E-state index contributed by atoms with van der Waals surface area (Å²) >= 11 is 0. The molecule has 18 heavy (non-hydrogen) atoms. The molecule has 1 heterocycles. The molecular weight excluding hydrogens is 224 g/mol. The Kier molecular flexibility index (Phi) is 4.05. The molecule has 2 rings (SSSR count). The predicted octanol–water partition coefficient (Wildman–Crippen LogP) is 2.93. The van der Waals surface area contributed by atoms with Gasteiger partial charge in [0.05, 0.1) is 6.54 Å². The van der Waals surface area contributed by atoms with Crippen LogP contribution >= 0.6 is 0 Å². The topological polar surface area (TPSA) is 56.7 Å². The van der Waals surface area contributed by atoms with Crippen LogP contribution in [0.25, 0.3) is 0 Å². The van der Waals surface area contributed by atoms with Crippen molar-refractivity contribution in [2.45, 2.75) is 77.3 Å². The van der Waals surface area contributed by atoms with Crippen molar-refractivity contribution in [3.8, 4) is 0 Å². The van der Waals surface area contributed by atoms with Crippen LogP contribution in [0.4, 0.5) is 0 Å². The number of nitrogens with zero attached hydrogens (tertiary/aromatic N) is 3. The smallest absolute Gasteiger partial charge is 0.147 e. The minimum atomic E-state index is 0.0137. The maximum atomic E-state index is 5.80. The summed E-state index contributed by atoms with van der Waals surface area (Å²) in [5, 5.41) is 8.75. The van der Waals surface area contributed by atoms with E-state index in [0.717, 1.165) is 11.6 Å². The summed E-state index contributed by atoms with van der Waals surface area (Å²) in [6, 6.07) is 0. The molecule has 4 nitrogen and oxygen atoms in total. The first-order chi connectivity index (χ1) is 8.54. The van der Waals surface area contributed by atoms with E-state index in [-0.39, 0.29) is 5.54 Å². The Morgan fingerprint density at radius 1 is 1.11 bits per heavy atom. The maximum absolute atomic E-state index is 5.80. The Hall–Kier alpha value is -0.900. The highest BCUT2D eigenvalue weighted by molar-refractivity contribution is 5.06. The van der Waals surface area contributed by atoms with Gasteiger partial charge in [0.25, 0.3) is 0 Å². The van der Waals surface area contributed by atoms with E-state index >= 15 is 0 Å². The van der Waals surface area contributed by atoms with Crippen LogP contribution in [-0.4, -0.2) is 14.8 Å². The fraction of sp³-hybridized carbons (Fsp3) is 0.857. The van der Waals surface area contributed by atoms with Crippen LogP contribution in [0, 0.1) is 0 Å². The van der Waals surface area contributed by atoms with Crippen molar-refractivity contribution < 1.29 is 0 Å². The van der Waals surface area contributed by atoms with Gasteiger partial charge in [-0.3, -0.25) is 0 Å². The summed E-state index contributed by atoms with van der Waals surface area (Å²) < 4.78 is 2.27. The van der Waals surface area contributed by atoms with E-state index in [1.54, 1.807) is 0 Å². The van der Waals surface area contributed by atoms with Crippen LogP contribution in [0.5, 0.6) is 0 Å². The molecule has 0 bridgehead atoms. The molecular formula is C14H26N4. The van der Waals surface area contributed by atoms with Gasteiger partial charge in [-0.2, -0.15) is 0 Å². The molecule has 102 valence electrons. The largest absolute Gasteiger partial charge is 0.324 e. The van der Waals surface area contributed by atoms with E-state index in [4.69, 9.17) is 5.73 Å². The summed E-state index contributed by atoms with van der Waals surface area (Å²) in [4.78, 5) is 0. The van der Waals surface area contributed by atoms with E-state index in [1.807, 2.05) is 0 Å². The summed E-state index contributed by atoms with van der Waals surface area (Å²) in [7, 11) is 0. The molecule has 0 radical (unpaired) electrons. The molecule has 1 aliphatic rings. The molecule has 0 amide bonds. The maximum Gasteiger partial charge on any atom is 0.147 e. The molecule has 0 spiro atoms. The Bertz CT molecular complexity index is 381. The van der Waals surface area contributed by atoms with Crippen LogP contribution < -0.4 is 5.73 Å². The summed E-state index contributed by atoms with van der Waals surface area (Å²) in [6.45, 7) is 7.08. The number of hydrogen-bond acceptors (Lipinski definition) is 3. The zero-order chi connectivity index (χ0) is 13.2. The fourth-order valence-corrected chi connectivity index (χ4v) is 3.00. The van der Waals surface area contributed by atoms with Crippen LogP contribution in [0.1, 0.15) is 76.9 Å². The van der Waals surface area contributed by atoms with E-state index < -0.39 is 0 Å². The molecule has 4 heteroatoms. The standard InChI is InChI=1S/C14H26N4/c1-14(2,3)18-12(10-15)16-17-13(18)11-8-6-4-5-7-9-11/h11H,4-10,15H2,1-3H3. The lowest BCUT2D eigenvalue weighted by molar-refractivity contribution is 0.353. The minimum Gasteiger partial charge on any atom is -0.324 e. The van der Waals surface area contributed by atoms with Gasteiger partial charge in [0, 0.05) is 11.5 Å². The van der Waals surface area contributed by atoms with E-state index in [9.17, 15) is 0 Å². The average molecular weight is 250 g/mol. The number of aromatic nitrogens is 3. The van der Waals surface area contributed by atoms with Gasteiger partial charge in [0.2, 0.25) is 0 Å². The van der Waals surface area contributed by atoms with E-state index in [0.29, 0.717) is 12.5 Å².